The summed E-state index contributed by atoms with van der Waals surface area (Å²) in [6, 6.07) is 9.82. The van der Waals surface area contributed by atoms with Crippen LogP contribution in [-0.2, 0) is 11.2 Å². The summed E-state index contributed by atoms with van der Waals surface area (Å²) >= 11 is 0. The van der Waals surface area contributed by atoms with E-state index in [1.807, 2.05) is 30.3 Å². The predicted octanol–water partition coefficient (Wildman–Crippen LogP) is 1.64. The minimum Gasteiger partial charge on any atom is -0.497 e. The summed E-state index contributed by atoms with van der Waals surface area (Å²) in [5.74, 6) is 2.51. The van der Waals surface area contributed by atoms with Gasteiger partial charge in [0.25, 0.3) is 0 Å². The molecule has 0 unspecified atom stereocenters. The number of ether oxygens (including phenoxy) is 1. The summed E-state index contributed by atoms with van der Waals surface area (Å²) in [7, 11) is 1.66. The van der Waals surface area contributed by atoms with Gasteiger partial charge >= 0.3 is 0 Å². The zero-order valence-corrected chi connectivity index (χ0v) is 16.9. The van der Waals surface area contributed by atoms with Gasteiger partial charge in [-0.15, -0.1) is 0 Å². The number of nitrogens with zero attached hydrogens (tertiary/aromatic N) is 6. The van der Waals surface area contributed by atoms with Gasteiger partial charge in [0.2, 0.25) is 5.91 Å². The maximum Gasteiger partial charge on any atom is 0.223 e. The third kappa shape index (κ3) is 4.73. The number of carbonyl (C=O) groups is 1. The molecule has 0 spiro atoms. The topological polar surface area (TPSA) is 98.1 Å². The molecule has 1 amide bonds. The van der Waals surface area contributed by atoms with Crippen LogP contribution in [0.4, 0.5) is 5.82 Å². The third-order valence-electron chi connectivity index (χ3n) is 5.33. The van der Waals surface area contributed by atoms with E-state index in [-0.39, 0.29) is 11.8 Å². The molecule has 2 aromatic heterocycles. The van der Waals surface area contributed by atoms with Gasteiger partial charge in [0, 0.05) is 31.6 Å². The predicted molar refractivity (Wildman–Crippen MR) is 112 cm³/mol. The molecule has 0 bridgehead atoms. The van der Waals surface area contributed by atoms with Crippen molar-refractivity contribution in [2.24, 2.45) is 5.92 Å². The molecule has 1 saturated heterocycles. The highest BCUT2D eigenvalue weighted by molar-refractivity contribution is 5.79. The van der Waals surface area contributed by atoms with Crippen LogP contribution in [0.1, 0.15) is 18.4 Å². The van der Waals surface area contributed by atoms with E-state index in [1.165, 1.54) is 12.7 Å². The monoisotopic (exact) mass is 407 g/mol. The fraction of sp³-hybridized carbons (Fsp3) is 0.381. The highest BCUT2D eigenvalue weighted by atomic mass is 16.5. The van der Waals surface area contributed by atoms with Gasteiger partial charge in [0.15, 0.2) is 5.82 Å². The molecule has 1 aliphatic heterocycles. The molecule has 156 valence electrons. The highest BCUT2D eigenvalue weighted by Crippen LogP contribution is 2.22. The molecule has 0 radical (unpaired) electrons. The molecule has 0 atom stereocenters. The first-order valence-electron chi connectivity index (χ1n) is 10.1. The summed E-state index contributed by atoms with van der Waals surface area (Å²) in [5, 5.41) is 7.18. The van der Waals surface area contributed by atoms with Crippen molar-refractivity contribution in [2.45, 2.75) is 19.3 Å². The Morgan fingerprint density at radius 3 is 2.77 bits per heavy atom. The van der Waals surface area contributed by atoms with Crippen molar-refractivity contribution in [3.63, 3.8) is 0 Å². The third-order valence-corrected chi connectivity index (χ3v) is 5.33. The van der Waals surface area contributed by atoms with Crippen molar-refractivity contribution in [2.75, 3.05) is 31.6 Å². The molecule has 1 N–H and O–H groups in total. The fourth-order valence-electron chi connectivity index (χ4n) is 3.64. The Labute approximate surface area is 175 Å². The average molecular weight is 407 g/mol. The van der Waals surface area contributed by atoms with E-state index in [4.69, 9.17) is 4.74 Å². The number of benzene rings is 1. The summed E-state index contributed by atoms with van der Waals surface area (Å²) in [6.07, 6.45) is 6.99. The maximum atomic E-state index is 12.6. The SMILES string of the molecule is COc1cccc(CCNC(=O)C2CCN(c3cc(-n4cncn4)ncn3)CC2)c1. The molecule has 1 aromatic carbocycles. The first-order valence-corrected chi connectivity index (χ1v) is 10.1. The van der Waals surface area contributed by atoms with Crippen LogP contribution in [0.5, 0.6) is 5.75 Å². The van der Waals surface area contributed by atoms with Gasteiger partial charge in [-0.3, -0.25) is 4.79 Å². The van der Waals surface area contributed by atoms with E-state index in [0.717, 1.165) is 49.5 Å². The molecule has 0 saturated carbocycles. The number of amides is 1. The second kappa shape index (κ2) is 9.34. The number of hydrogen-bond acceptors (Lipinski definition) is 7. The minimum atomic E-state index is 0.0307. The first kappa shape index (κ1) is 19.8. The van der Waals surface area contributed by atoms with E-state index in [9.17, 15) is 4.79 Å². The lowest BCUT2D eigenvalue weighted by Crippen LogP contribution is -2.41. The number of anilines is 1. The highest BCUT2D eigenvalue weighted by Gasteiger charge is 2.25. The van der Waals surface area contributed by atoms with Crippen LogP contribution in [0.25, 0.3) is 5.82 Å². The van der Waals surface area contributed by atoms with Gasteiger partial charge in [-0.05, 0) is 37.0 Å². The van der Waals surface area contributed by atoms with Crippen LogP contribution in [-0.4, -0.2) is 57.4 Å². The number of nitrogens with one attached hydrogen (secondary N) is 1. The molecule has 9 nitrogen and oxygen atoms in total. The number of piperidine rings is 1. The summed E-state index contributed by atoms with van der Waals surface area (Å²) in [6.45, 7) is 2.18. The van der Waals surface area contributed by atoms with Gasteiger partial charge in [-0.1, -0.05) is 12.1 Å². The second-order valence-corrected chi connectivity index (χ2v) is 7.23. The molecule has 30 heavy (non-hydrogen) atoms. The molecule has 3 aromatic rings. The molecule has 3 heterocycles. The number of hydrogen-bond donors (Lipinski definition) is 1. The first-order chi connectivity index (χ1) is 14.7. The Balaban J connectivity index is 1.26. The van der Waals surface area contributed by atoms with E-state index in [1.54, 1.807) is 18.1 Å². The van der Waals surface area contributed by atoms with Crippen LogP contribution in [0, 0.1) is 5.92 Å². The lowest BCUT2D eigenvalue weighted by atomic mass is 9.96. The van der Waals surface area contributed by atoms with Crippen LogP contribution < -0.4 is 15.0 Å². The average Bonchev–Trinajstić information content (AvgIpc) is 3.34. The van der Waals surface area contributed by atoms with Crippen molar-refractivity contribution < 1.29 is 9.53 Å². The number of methoxy groups -OCH3 is 1. The maximum absolute atomic E-state index is 12.6. The molecular formula is C21H25N7O2. The standard InChI is InChI=1S/C21H25N7O2/c1-30-18-4-2-3-16(11-18)5-8-23-21(29)17-6-9-27(10-7-17)19-12-20(25-14-24-19)28-15-22-13-26-28/h2-4,11-15,17H,5-10H2,1H3,(H,23,29). The Morgan fingerprint density at radius 1 is 1.17 bits per heavy atom. The van der Waals surface area contributed by atoms with Crippen LogP contribution in [0.3, 0.4) is 0 Å². The van der Waals surface area contributed by atoms with Crippen molar-refractivity contribution >= 4 is 11.7 Å². The summed E-state index contributed by atoms with van der Waals surface area (Å²) in [4.78, 5) is 27.3. The van der Waals surface area contributed by atoms with Gasteiger partial charge < -0.3 is 15.0 Å². The molecule has 9 heteroatoms. The van der Waals surface area contributed by atoms with E-state index >= 15 is 0 Å². The Morgan fingerprint density at radius 2 is 2.00 bits per heavy atom. The van der Waals surface area contributed by atoms with Gasteiger partial charge in [0.1, 0.15) is 30.5 Å². The minimum absolute atomic E-state index is 0.0307. The lowest BCUT2D eigenvalue weighted by Gasteiger charge is -2.32. The van der Waals surface area contributed by atoms with Crippen LogP contribution >= 0.6 is 0 Å². The smallest absolute Gasteiger partial charge is 0.223 e. The van der Waals surface area contributed by atoms with Gasteiger partial charge in [0.05, 0.1) is 7.11 Å². The van der Waals surface area contributed by atoms with E-state index < -0.39 is 0 Å². The Hall–Kier alpha value is -3.49. The normalized spacial score (nSPS) is 14.5. The number of rotatable bonds is 7. The van der Waals surface area contributed by atoms with Crippen molar-refractivity contribution in [1.82, 2.24) is 30.0 Å². The number of aromatic nitrogens is 5. The number of carbonyl (C=O) groups excluding carboxylic acids is 1. The van der Waals surface area contributed by atoms with E-state index in [0.29, 0.717) is 12.4 Å². The second-order valence-electron chi connectivity index (χ2n) is 7.23. The molecule has 1 aliphatic rings. The summed E-state index contributed by atoms with van der Waals surface area (Å²) < 4.78 is 6.85. The Bertz CT molecular complexity index is 969. The molecule has 1 fully saturated rings. The molecule has 0 aliphatic carbocycles. The van der Waals surface area contributed by atoms with Crippen molar-refractivity contribution in [3.8, 4) is 11.6 Å². The van der Waals surface area contributed by atoms with Crippen LogP contribution in [0.15, 0.2) is 49.3 Å². The van der Waals surface area contributed by atoms with Gasteiger partial charge in [-0.2, -0.15) is 5.10 Å². The zero-order valence-electron chi connectivity index (χ0n) is 16.9. The zero-order chi connectivity index (χ0) is 20.8. The largest absolute Gasteiger partial charge is 0.497 e. The van der Waals surface area contributed by atoms with Gasteiger partial charge in [-0.25, -0.2) is 19.6 Å². The van der Waals surface area contributed by atoms with E-state index in [2.05, 4.69) is 30.3 Å². The molecular weight excluding hydrogens is 382 g/mol. The van der Waals surface area contributed by atoms with Crippen molar-refractivity contribution in [3.05, 3.63) is 54.9 Å². The quantitative estimate of drug-likeness (QED) is 0.636. The fourth-order valence-corrected chi connectivity index (χ4v) is 3.64. The molecule has 4 rings (SSSR count). The summed E-state index contributed by atoms with van der Waals surface area (Å²) in [5.41, 5.74) is 1.15. The Kier molecular flexibility index (Phi) is 6.17. The lowest BCUT2D eigenvalue weighted by molar-refractivity contribution is -0.125. The van der Waals surface area contributed by atoms with Crippen molar-refractivity contribution in [1.29, 1.82) is 0 Å². The van der Waals surface area contributed by atoms with Crippen LogP contribution in [0.2, 0.25) is 0 Å².